The summed E-state index contributed by atoms with van der Waals surface area (Å²) in [4.78, 5) is 15.1. The number of amides is 1. The predicted octanol–water partition coefficient (Wildman–Crippen LogP) is 3.18. The molecular weight excluding hydrogens is 250 g/mol. The van der Waals surface area contributed by atoms with Gasteiger partial charge in [0.05, 0.1) is 0 Å². The molecule has 0 aliphatic rings. The van der Waals surface area contributed by atoms with Crippen LogP contribution in [0, 0.1) is 25.2 Å². The average Bonchev–Trinajstić information content (AvgIpc) is 2.93. The van der Waals surface area contributed by atoms with Gasteiger partial charge in [0.15, 0.2) is 0 Å². The van der Waals surface area contributed by atoms with Crippen LogP contribution in [0.3, 0.4) is 0 Å². The summed E-state index contributed by atoms with van der Waals surface area (Å²) in [6, 6.07) is 11.3. The lowest BCUT2D eigenvalue weighted by molar-refractivity contribution is -0.112. The van der Waals surface area contributed by atoms with Crippen LogP contribution in [0.15, 0.2) is 42.1 Å². The molecule has 4 heteroatoms. The molecule has 100 valence electrons. The number of aryl methyl sites for hydroxylation is 2. The van der Waals surface area contributed by atoms with Crippen molar-refractivity contribution in [3.8, 4) is 6.07 Å². The van der Waals surface area contributed by atoms with Crippen molar-refractivity contribution in [1.29, 1.82) is 5.26 Å². The number of H-pyrrole nitrogens is 1. The molecule has 2 aromatic rings. The lowest BCUT2D eigenvalue weighted by atomic mass is 10.1. The van der Waals surface area contributed by atoms with Crippen molar-refractivity contribution in [2.75, 3.05) is 5.32 Å². The smallest absolute Gasteiger partial charge is 0.266 e. The number of rotatable bonds is 3. The van der Waals surface area contributed by atoms with E-state index in [1.165, 1.54) is 6.08 Å². The van der Waals surface area contributed by atoms with Gasteiger partial charge in [-0.15, -0.1) is 0 Å². The van der Waals surface area contributed by atoms with Crippen molar-refractivity contribution in [1.82, 2.24) is 4.98 Å². The van der Waals surface area contributed by atoms with Crippen LogP contribution in [-0.2, 0) is 4.79 Å². The fourth-order valence-corrected chi connectivity index (χ4v) is 1.80. The Morgan fingerprint density at radius 1 is 1.35 bits per heavy atom. The summed E-state index contributed by atoms with van der Waals surface area (Å²) in [6.07, 6.45) is 3.27. The number of aromatic nitrogens is 1. The fraction of sp³-hybridized carbons (Fsp3) is 0.125. The highest BCUT2D eigenvalue weighted by Gasteiger charge is 2.11. The van der Waals surface area contributed by atoms with E-state index < -0.39 is 5.91 Å². The van der Waals surface area contributed by atoms with Crippen LogP contribution < -0.4 is 5.32 Å². The third-order valence-corrected chi connectivity index (χ3v) is 2.93. The Morgan fingerprint density at radius 2 is 2.15 bits per heavy atom. The molecule has 4 nitrogen and oxygen atoms in total. The molecule has 0 aliphatic heterocycles. The SMILES string of the molecule is Cc1ccc(C)c(NC(=O)/C(C#N)=C/c2ccc[nH]2)c1. The highest BCUT2D eigenvalue weighted by molar-refractivity contribution is 6.09. The van der Waals surface area contributed by atoms with E-state index in [4.69, 9.17) is 5.26 Å². The summed E-state index contributed by atoms with van der Waals surface area (Å²) in [7, 11) is 0. The second-order valence-electron chi connectivity index (χ2n) is 4.57. The number of hydrogen-bond acceptors (Lipinski definition) is 2. The van der Waals surface area contributed by atoms with Crippen LogP contribution in [0.4, 0.5) is 5.69 Å². The van der Waals surface area contributed by atoms with Gasteiger partial charge in [0, 0.05) is 17.6 Å². The molecule has 2 rings (SSSR count). The average molecular weight is 265 g/mol. The predicted molar refractivity (Wildman–Crippen MR) is 78.9 cm³/mol. The zero-order valence-corrected chi connectivity index (χ0v) is 11.4. The van der Waals surface area contributed by atoms with Crippen LogP contribution >= 0.6 is 0 Å². The first-order valence-corrected chi connectivity index (χ1v) is 6.24. The van der Waals surface area contributed by atoms with Crippen molar-refractivity contribution >= 4 is 17.7 Å². The molecule has 0 fully saturated rings. The Kier molecular flexibility index (Phi) is 4.02. The van der Waals surface area contributed by atoms with Gasteiger partial charge in [0.2, 0.25) is 0 Å². The Morgan fingerprint density at radius 3 is 2.80 bits per heavy atom. The number of carbonyl (C=O) groups is 1. The monoisotopic (exact) mass is 265 g/mol. The molecule has 1 aromatic heterocycles. The molecule has 0 atom stereocenters. The maximum Gasteiger partial charge on any atom is 0.266 e. The van der Waals surface area contributed by atoms with Crippen molar-refractivity contribution in [2.24, 2.45) is 0 Å². The largest absolute Gasteiger partial charge is 0.362 e. The maximum atomic E-state index is 12.1. The van der Waals surface area contributed by atoms with Crippen LogP contribution in [0.2, 0.25) is 0 Å². The van der Waals surface area contributed by atoms with Gasteiger partial charge in [0.1, 0.15) is 11.6 Å². The maximum absolute atomic E-state index is 12.1. The first-order valence-electron chi connectivity index (χ1n) is 6.24. The normalized spacial score (nSPS) is 10.9. The third kappa shape index (κ3) is 3.15. The van der Waals surface area contributed by atoms with Crippen LogP contribution in [0.5, 0.6) is 0 Å². The highest BCUT2D eigenvalue weighted by Crippen LogP contribution is 2.17. The van der Waals surface area contributed by atoms with E-state index in [-0.39, 0.29) is 5.57 Å². The molecule has 0 bridgehead atoms. The number of carbonyl (C=O) groups excluding carboxylic acids is 1. The second kappa shape index (κ2) is 5.89. The van der Waals surface area contributed by atoms with E-state index in [1.54, 1.807) is 12.3 Å². The third-order valence-electron chi connectivity index (χ3n) is 2.93. The van der Waals surface area contributed by atoms with Crippen LogP contribution in [-0.4, -0.2) is 10.9 Å². The van der Waals surface area contributed by atoms with Gasteiger partial charge in [0.25, 0.3) is 5.91 Å². The molecule has 1 aromatic carbocycles. The van der Waals surface area contributed by atoms with Crippen molar-refractivity contribution in [3.05, 3.63) is 58.9 Å². The number of anilines is 1. The molecular formula is C16H15N3O. The number of nitrogens with zero attached hydrogens (tertiary/aromatic N) is 1. The number of benzene rings is 1. The summed E-state index contributed by atoms with van der Waals surface area (Å²) < 4.78 is 0. The van der Waals surface area contributed by atoms with E-state index in [2.05, 4.69) is 10.3 Å². The fourth-order valence-electron chi connectivity index (χ4n) is 1.80. The minimum Gasteiger partial charge on any atom is -0.362 e. The Balaban J connectivity index is 2.23. The van der Waals surface area contributed by atoms with Crippen molar-refractivity contribution in [2.45, 2.75) is 13.8 Å². The van der Waals surface area contributed by atoms with Gasteiger partial charge in [-0.25, -0.2) is 0 Å². The first kappa shape index (κ1) is 13.6. The zero-order valence-electron chi connectivity index (χ0n) is 11.4. The van der Waals surface area contributed by atoms with Crippen molar-refractivity contribution < 1.29 is 4.79 Å². The molecule has 0 spiro atoms. The topological polar surface area (TPSA) is 68.7 Å². The Labute approximate surface area is 117 Å². The van der Waals surface area contributed by atoms with Crippen LogP contribution in [0.1, 0.15) is 16.8 Å². The molecule has 2 N–H and O–H groups in total. The molecule has 20 heavy (non-hydrogen) atoms. The molecule has 0 radical (unpaired) electrons. The zero-order chi connectivity index (χ0) is 14.5. The standard InChI is InChI=1S/C16H15N3O/c1-11-5-6-12(2)15(8-11)19-16(20)13(10-17)9-14-4-3-7-18-14/h3-9,18H,1-2H3,(H,19,20)/b13-9+. The molecule has 0 saturated heterocycles. The van der Waals surface area contributed by atoms with Gasteiger partial charge < -0.3 is 10.3 Å². The summed E-state index contributed by atoms with van der Waals surface area (Å²) in [5, 5.41) is 11.9. The number of aromatic amines is 1. The molecule has 1 amide bonds. The minimum atomic E-state index is -0.407. The van der Waals surface area contributed by atoms with E-state index in [1.807, 2.05) is 44.2 Å². The molecule has 1 heterocycles. The lowest BCUT2D eigenvalue weighted by Crippen LogP contribution is -2.14. The van der Waals surface area contributed by atoms with E-state index in [0.29, 0.717) is 0 Å². The van der Waals surface area contributed by atoms with E-state index in [0.717, 1.165) is 22.5 Å². The van der Waals surface area contributed by atoms with E-state index in [9.17, 15) is 4.79 Å². The Bertz CT molecular complexity index is 691. The van der Waals surface area contributed by atoms with Gasteiger partial charge in [-0.1, -0.05) is 12.1 Å². The van der Waals surface area contributed by atoms with Gasteiger partial charge >= 0.3 is 0 Å². The first-order chi connectivity index (χ1) is 9.60. The van der Waals surface area contributed by atoms with Gasteiger partial charge in [-0.05, 0) is 49.2 Å². The van der Waals surface area contributed by atoms with Gasteiger partial charge in [-0.3, -0.25) is 4.79 Å². The molecule has 0 saturated carbocycles. The van der Waals surface area contributed by atoms with Gasteiger partial charge in [-0.2, -0.15) is 5.26 Å². The quantitative estimate of drug-likeness (QED) is 0.661. The van der Waals surface area contributed by atoms with Crippen molar-refractivity contribution in [3.63, 3.8) is 0 Å². The second-order valence-corrected chi connectivity index (χ2v) is 4.57. The number of nitrogens with one attached hydrogen (secondary N) is 2. The highest BCUT2D eigenvalue weighted by atomic mass is 16.1. The van der Waals surface area contributed by atoms with E-state index >= 15 is 0 Å². The summed E-state index contributed by atoms with van der Waals surface area (Å²) in [5.74, 6) is -0.407. The molecule has 0 unspecified atom stereocenters. The number of hydrogen-bond donors (Lipinski definition) is 2. The summed E-state index contributed by atoms with van der Waals surface area (Å²) in [6.45, 7) is 3.87. The number of nitriles is 1. The van der Waals surface area contributed by atoms with Crippen LogP contribution in [0.25, 0.3) is 6.08 Å². The minimum absolute atomic E-state index is 0.0633. The summed E-state index contributed by atoms with van der Waals surface area (Å²) in [5.41, 5.74) is 3.52. The summed E-state index contributed by atoms with van der Waals surface area (Å²) >= 11 is 0. The lowest BCUT2D eigenvalue weighted by Gasteiger charge is -2.08. The molecule has 0 aliphatic carbocycles. The Hall–Kier alpha value is -2.80.